The van der Waals surface area contributed by atoms with Crippen LogP contribution < -0.4 is 10.2 Å². The minimum absolute atomic E-state index is 0.280. The van der Waals surface area contributed by atoms with Crippen LogP contribution >= 0.6 is 11.3 Å². The lowest BCUT2D eigenvalue weighted by Gasteiger charge is -2.16. The highest BCUT2D eigenvalue weighted by molar-refractivity contribution is 7.15. The van der Waals surface area contributed by atoms with Gasteiger partial charge in [-0.05, 0) is 20.8 Å². The van der Waals surface area contributed by atoms with Gasteiger partial charge in [0, 0.05) is 38.7 Å². The zero-order chi connectivity index (χ0) is 15.0. The molecule has 0 aliphatic carbocycles. The first-order valence-electron chi connectivity index (χ1n) is 7.03. The second-order valence-electron chi connectivity index (χ2n) is 5.02. The molecule has 0 bridgehead atoms. The van der Waals surface area contributed by atoms with E-state index in [9.17, 15) is 0 Å². The Labute approximate surface area is 126 Å². The molecule has 0 aliphatic heterocycles. The summed E-state index contributed by atoms with van der Waals surface area (Å²) in [7, 11) is 3.77. The molecule has 0 aromatic carbocycles. The molecule has 1 heterocycles. The van der Waals surface area contributed by atoms with E-state index >= 15 is 0 Å². The van der Waals surface area contributed by atoms with Gasteiger partial charge in [0.15, 0.2) is 5.13 Å². The molecule has 0 aliphatic rings. The summed E-state index contributed by atoms with van der Waals surface area (Å²) in [6.07, 6.45) is 0.280. The summed E-state index contributed by atoms with van der Waals surface area (Å²) in [5.41, 5.74) is 1.10. The molecule has 1 rings (SSSR count). The standard InChI is InChI=1S/C14H27N3O2S/c1-11(2)19-9-7-17(4)14-16-12(3)13(20-14)10-15-6-8-18-5/h11,15H,6-10H2,1-5H3. The second kappa shape index (κ2) is 9.28. The van der Waals surface area contributed by atoms with Crippen molar-refractivity contribution in [1.82, 2.24) is 10.3 Å². The average molecular weight is 301 g/mol. The van der Waals surface area contributed by atoms with Crippen LogP contribution in [0.15, 0.2) is 0 Å². The Kier molecular flexibility index (Phi) is 8.06. The largest absolute Gasteiger partial charge is 0.383 e. The van der Waals surface area contributed by atoms with Crippen molar-refractivity contribution in [3.63, 3.8) is 0 Å². The number of ether oxygens (including phenoxy) is 2. The van der Waals surface area contributed by atoms with Gasteiger partial charge in [-0.25, -0.2) is 4.98 Å². The van der Waals surface area contributed by atoms with Gasteiger partial charge >= 0.3 is 0 Å². The van der Waals surface area contributed by atoms with Crippen LogP contribution in [0.1, 0.15) is 24.4 Å². The first-order valence-corrected chi connectivity index (χ1v) is 7.85. The number of hydrogen-bond donors (Lipinski definition) is 1. The van der Waals surface area contributed by atoms with E-state index in [4.69, 9.17) is 9.47 Å². The highest BCUT2D eigenvalue weighted by atomic mass is 32.1. The Bertz CT molecular complexity index is 382. The van der Waals surface area contributed by atoms with E-state index in [1.165, 1.54) is 4.88 Å². The Morgan fingerprint density at radius 2 is 2.10 bits per heavy atom. The lowest BCUT2D eigenvalue weighted by molar-refractivity contribution is 0.0846. The quantitative estimate of drug-likeness (QED) is 0.670. The average Bonchev–Trinajstić information content (AvgIpc) is 2.76. The Hall–Kier alpha value is -0.690. The number of nitrogens with zero attached hydrogens (tertiary/aromatic N) is 2. The molecule has 1 N–H and O–H groups in total. The van der Waals surface area contributed by atoms with Crippen LogP contribution in [0.2, 0.25) is 0 Å². The molecule has 1 aromatic rings. The molecule has 0 atom stereocenters. The predicted molar refractivity (Wildman–Crippen MR) is 84.8 cm³/mol. The van der Waals surface area contributed by atoms with Crippen LogP contribution in [0.3, 0.4) is 0 Å². The topological polar surface area (TPSA) is 46.6 Å². The third-order valence-corrected chi connectivity index (χ3v) is 4.13. The highest BCUT2D eigenvalue weighted by Crippen LogP contribution is 2.24. The molecular weight excluding hydrogens is 274 g/mol. The van der Waals surface area contributed by atoms with Gasteiger partial charge in [-0.1, -0.05) is 0 Å². The van der Waals surface area contributed by atoms with Gasteiger partial charge in [-0.3, -0.25) is 0 Å². The number of methoxy groups -OCH3 is 1. The van der Waals surface area contributed by atoms with Crippen LogP contribution in [0.4, 0.5) is 5.13 Å². The number of thiazole rings is 1. The lowest BCUT2D eigenvalue weighted by Crippen LogP contribution is -2.23. The van der Waals surface area contributed by atoms with Crippen molar-refractivity contribution >= 4 is 16.5 Å². The van der Waals surface area contributed by atoms with E-state index in [0.29, 0.717) is 0 Å². The summed E-state index contributed by atoms with van der Waals surface area (Å²) in [6, 6.07) is 0. The van der Waals surface area contributed by atoms with Crippen molar-refractivity contribution in [2.45, 2.75) is 33.4 Å². The van der Waals surface area contributed by atoms with Gasteiger partial charge in [-0.2, -0.15) is 0 Å². The fourth-order valence-electron chi connectivity index (χ4n) is 1.64. The Morgan fingerprint density at radius 3 is 2.75 bits per heavy atom. The maximum absolute atomic E-state index is 5.57. The van der Waals surface area contributed by atoms with Gasteiger partial charge < -0.3 is 19.7 Å². The monoisotopic (exact) mass is 301 g/mol. The van der Waals surface area contributed by atoms with Crippen molar-refractivity contribution in [2.75, 3.05) is 45.4 Å². The molecule has 0 saturated carbocycles. The van der Waals surface area contributed by atoms with Gasteiger partial charge in [0.25, 0.3) is 0 Å². The minimum atomic E-state index is 0.280. The van der Waals surface area contributed by atoms with E-state index < -0.39 is 0 Å². The van der Waals surface area contributed by atoms with Gasteiger partial charge in [0.1, 0.15) is 0 Å². The smallest absolute Gasteiger partial charge is 0.185 e. The molecular formula is C14H27N3O2S. The summed E-state index contributed by atoms with van der Waals surface area (Å²) in [4.78, 5) is 8.06. The second-order valence-corrected chi connectivity index (χ2v) is 6.08. The minimum Gasteiger partial charge on any atom is -0.383 e. The third kappa shape index (κ3) is 6.17. The highest BCUT2D eigenvalue weighted by Gasteiger charge is 2.11. The van der Waals surface area contributed by atoms with Crippen LogP contribution in [-0.2, 0) is 16.0 Å². The third-order valence-electron chi connectivity index (χ3n) is 2.85. The summed E-state index contributed by atoms with van der Waals surface area (Å²) < 4.78 is 10.6. The van der Waals surface area contributed by atoms with Crippen LogP contribution in [0.5, 0.6) is 0 Å². The SMILES string of the molecule is COCCNCc1sc(N(C)CCOC(C)C)nc1C. The molecule has 116 valence electrons. The van der Waals surface area contributed by atoms with Crippen LogP contribution in [0, 0.1) is 6.92 Å². The summed E-state index contributed by atoms with van der Waals surface area (Å²) in [5.74, 6) is 0. The maximum atomic E-state index is 5.57. The summed E-state index contributed by atoms with van der Waals surface area (Å²) in [5, 5.41) is 4.41. The van der Waals surface area contributed by atoms with E-state index in [1.54, 1.807) is 18.4 Å². The molecule has 0 spiro atoms. The number of nitrogens with one attached hydrogen (secondary N) is 1. The first-order chi connectivity index (χ1) is 9.54. The van der Waals surface area contributed by atoms with Crippen molar-refractivity contribution in [2.24, 2.45) is 0 Å². The molecule has 20 heavy (non-hydrogen) atoms. The van der Waals surface area contributed by atoms with Gasteiger partial charge in [0.2, 0.25) is 0 Å². The van der Waals surface area contributed by atoms with Crippen molar-refractivity contribution < 1.29 is 9.47 Å². The molecule has 0 fully saturated rings. The molecule has 0 unspecified atom stereocenters. The number of rotatable bonds is 10. The van der Waals surface area contributed by atoms with Crippen LogP contribution in [-0.4, -0.2) is 51.5 Å². The number of anilines is 1. The number of aryl methyl sites for hydroxylation is 1. The van der Waals surface area contributed by atoms with Crippen molar-refractivity contribution in [1.29, 1.82) is 0 Å². The summed E-state index contributed by atoms with van der Waals surface area (Å²) >= 11 is 1.74. The Balaban J connectivity index is 2.42. The number of aromatic nitrogens is 1. The zero-order valence-electron chi connectivity index (χ0n) is 13.2. The molecule has 6 heteroatoms. The Morgan fingerprint density at radius 1 is 1.35 bits per heavy atom. The van der Waals surface area contributed by atoms with Gasteiger partial charge in [-0.15, -0.1) is 11.3 Å². The van der Waals surface area contributed by atoms with Crippen molar-refractivity contribution in [3.05, 3.63) is 10.6 Å². The van der Waals surface area contributed by atoms with E-state index in [1.807, 2.05) is 0 Å². The number of hydrogen-bond acceptors (Lipinski definition) is 6. The van der Waals surface area contributed by atoms with Gasteiger partial charge in [0.05, 0.1) is 25.0 Å². The van der Waals surface area contributed by atoms with E-state index in [-0.39, 0.29) is 6.10 Å². The normalized spacial score (nSPS) is 11.3. The van der Waals surface area contributed by atoms with E-state index in [2.05, 4.69) is 43.0 Å². The predicted octanol–water partition coefficient (Wildman–Crippen LogP) is 2.05. The molecule has 0 saturated heterocycles. The molecule has 1 aromatic heterocycles. The fourth-order valence-corrected chi connectivity index (χ4v) is 2.65. The van der Waals surface area contributed by atoms with E-state index in [0.717, 1.165) is 43.7 Å². The fraction of sp³-hybridized carbons (Fsp3) is 0.786. The number of likely N-dealkylation sites (N-methyl/N-ethyl adjacent to an activating group) is 1. The van der Waals surface area contributed by atoms with Crippen LogP contribution in [0.25, 0.3) is 0 Å². The van der Waals surface area contributed by atoms with Crippen molar-refractivity contribution in [3.8, 4) is 0 Å². The maximum Gasteiger partial charge on any atom is 0.185 e. The molecule has 0 radical (unpaired) electrons. The lowest BCUT2D eigenvalue weighted by atomic mass is 10.4. The zero-order valence-corrected chi connectivity index (χ0v) is 14.0. The summed E-state index contributed by atoms with van der Waals surface area (Å²) in [6.45, 7) is 10.2. The molecule has 5 nitrogen and oxygen atoms in total. The first kappa shape index (κ1) is 17.4. The molecule has 0 amide bonds.